The molecule has 1 aliphatic rings. The number of nitrogens with one attached hydrogen (secondary N) is 1. The first-order valence-corrected chi connectivity index (χ1v) is 7.73. The van der Waals surface area contributed by atoms with Crippen molar-refractivity contribution in [2.45, 2.75) is 38.4 Å². The maximum Gasteiger partial charge on any atom is 0.419 e. The fraction of sp³-hybridized carbons (Fsp3) is 0.562. The lowest BCUT2D eigenvalue weighted by atomic mass is 10.0. The minimum atomic E-state index is -4.81. The van der Waals surface area contributed by atoms with Crippen molar-refractivity contribution in [3.05, 3.63) is 35.1 Å². The highest BCUT2D eigenvalue weighted by molar-refractivity contribution is 5.94. The lowest BCUT2D eigenvalue weighted by Crippen LogP contribution is -2.46. The van der Waals surface area contributed by atoms with E-state index in [4.69, 9.17) is 0 Å². The topological polar surface area (TPSA) is 32.3 Å². The number of hydrogen-bond acceptors (Lipinski definition) is 2. The van der Waals surface area contributed by atoms with E-state index in [-0.39, 0.29) is 24.0 Å². The van der Waals surface area contributed by atoms with Crippen LogP contribution in [0.25, 0.3) is 0 Å². The van der Waals surface area contributed by atoms with Gasteiger partial charge in [-0.15, -0.1) is 12.4 Å². The minimum absolute atomic E-state index is 0. The van der Waals surface area contributed by atoms with Crippen LogP contribution in [0.3, 0.4) is 0 Å². The molecule has 1 heterocycles. The minimum Gasteiger partial charge on any atom is -0.336 e. The van der Waals surface area contributed by atoms with E-state index in [9.17, 15) is 22.4 Å². The lowest BCUT2D eigenvalue weighted by Gasteiger charge is -2.34. The van der Waals surface area contributed by atoms with Gasteiger partial charge in [-0.05, 0) is 50.6 Å². The Bertz CT molecular complexity index is 559. The Morgan fingerprint density at radius 1 is 1.29 bits per heavy atom. The van der Waals surface area contributed by atoms with Crippen LogP contribution in [0.15, 0.2) is 18.2 Å². The number of carbonyl (C=O) groups is 1. The fourth-order valence-electron chi connectivity index (χ4n) is 2.85. The summed E-state index contributed by atoms with van der Waals surface area (Å²) >= 11 is 0. The van der Waals surface area contributed by atoms with Gasteiger partial charge < -0.3 is 10.2 Å². The standard InChI is InChI=1S/C16H20F4N2O.ClH/c1-2-9-22(12-5-7-21-8-6-12)15(23)11-3-4-14(17)13(10-11)16(18,19)20;/h3-4,10,12,21H,2,5-9H2,1H3;1H. The number of rotatable bonds is 4. The normalized spacial score (nSPS) is 15.7. The van der Waals surface area contributed by atoms with Gasteiger partial charge >= 0.3 is 6.18 Å². The number of halogens is 5. The molecule has 8 heteroatoms. The van der Waals surface area contributed by atoms with Gasteiger partial charge in [0.15, 0.2) is 0 Å². The molecule has 0 bridgehead atoms. The van der Waals surface area contributed by atoms with Gasteiger partial charge in [-0.1, -0.05) is 6.92 Å². The maximum absolute atomic E-state index is 13.4. The van der Waals surface area contributed by atoms with Gasteiger partial charge in [-0.25, -0.2) is 4.39 Å². The zero-order chi connectivity index (χ0) is 17.0. The van der Waals surface area contributed by atoms with E-state index in [2.05, 4.69) is 5.32 Å². The maximum atomic E-state index is 13.4. The van der Waals surface area contributed by atoms with Crippen LogP contribution >= 0.6 is 12.4 Å². The molecule has 1 amide bonds. The molecule has 1 saturated heterocycles. The highest BCUT2D eigenvalue weighted by Gasteiger charge is 2.35. The van der Waals surface area contributed by atoms with Crippen molar-refractivity contribution >= 4 is 18.3 Å². The highest BCUT2D eigenvalue weighted by atomic mass is 35.5. The lowest BCUT2D eigenvalue weighted by molar-refractivity contribution is -0.140. The summed E-state index contributed by atoms with van der Waals surface area (Å²) in [4.78, 5) is 14.3. The third kappa shape index (κ3) is 4.83. The molecule has 1 aromatic rings. The number of carbonyl (C=O) groups excluding carboxylic acids is 1. The molecule has 0 radical (unpaired) electrons. The van der Waals surface area contributed by atoms with Gasteiger partial charge in [0, 0.05) is 18.2 Å². The monoisotopic (exact) mass is 368 g/mol. The molecule has 136 valence electrons. The van der Waals surface area contributed by atoms with Gasteiger partial charge in [0.25, 0.3) is 5.91 Å². The van der Waals surface area contributed by atoms with E-state index >= 15 is 0 Å². The smallest absolute Gasteiger partial charge is 0.336 e. The van der Waals surface area contributed by atoms with Crippen molar-refractivity contribution in [3.8, 4) is 0 Å². The number of nitrogens with zero attached hydrogens (tertiary/aromatic N) is 1. The zero-order valence-electron chi connectivity index (χ0n) is 13.3. The SMILES string of the molecule is CCCN(C(=O)c1ccc(F)c(C(F)(F)F)c1)C1CCNCC1.Cl. The van der Waals surface area contributed by atoms with Crippen LogP contribution < -0.4 is 5.32 Å². The number of amides is 1. The van der Waals surface area contributed by atoms with Crippen LogP contribution in [-0.2, 0) is 6.18 Å². The zero-order valence-corrected chi connectivity index (χ0v) is 14.1. The van der Waals surface area contributed by atoms with Crippen molar-refractivity contribution < 1.29 is 22.4 Å². The van der Waals surface area contributed by atoms with Crippen molar-refractivity contribution in [2.75, 3.05) is 19.6 Å². The van der Waals surface area contributed by atoms with Crippen molar-refractivity contribution in [2.24, 2.45) is 0 Å². The Morgan fingerprint density at radius 3 is 2.46 bits per heavy atom. The van der Waals surface area contributed by atoms with E-state index in [0.29, 0.717) is 25.1 Å². The van der Waals surface area contributed by atoms with Crippen LogP contribution in [0.1, 0.15) is 42.1 Å². The van der Waals surface area contributed by atoms with Crippen LogP contribution in [0.4, 0.5) is 17.6 Å². The molecule has 0 unspecified atom stereocenters. The number of piperidine rings is 1. The first kappa shape index (κ1) is 20.7. The Labute approximate surface area is 144 Å². The Hall–Kier alpha value is -1.34. The summed E-state index contributed by atoms with van der Waals surface area (Å²) in [5.74, 6) is -1.83. The van der Waals surface area contributed by atoms with E-state index in [1.165, 1.54) is 0 Å². The van der Waals surface area contributed by atoms with Gasteiger partial charge in [0.1, 0.15) is 5.82 Å². The average Bonchev–Trinajstić information content (AvgIpc) is 2.52. The fourth-order valence-corrected chi connectivity index (χ4v) is 2.85. The van der Waals surface area contributed by atoms with Gasteiger partial charge in [0.05, 0.1) is 5.56 Å². The van der Waals surface area contributed by atoms with Crippen LogP contribution in [-0.4, -0.2) is 36.5 Å². The molecular formula is C16H21ClF4N2O. The average molecular weight is 369 g/mol. The summed E-state index contributed by atoms with van der Waals surface area (Å²) in [6, 6.07) is 2.45. The van der Waals surface area contributed by atoms with Gasteiger partial charge in [-0.2, -0.15) is 13.2 Å². The molecule has 0 spiro atoms. The molecule has 1 N–H and O–H groups in total. The quantitative estimate of drug-likeness (QED) is 0.818. The second kappa shape index (κ2) is 8.67. The van der Waals surface area contributed by atoms with Gasteiger partial charge in [0.2, 0.25) is 0 Å². The molecule has 24 heavy (non-hydrogen) atoms. The first-order valence-electron chi connectivity index (χ1n) is 7.73. The second-order valence-electron chi connectivity index (χ2n) is 5.67. The van der Waals surface area contributed by atoms with Crippen molar-refractivity contribution in [3.63, 3.8) is 0 Å². The van der Waals surface area contributed by atoms with Gasteiger partial charge in [-0.3, -0.25) is 4.79 Å². The molecular weight excluding hydrogens is 348 g/mol. The van der Waals surface area contributed by atoms with Crippen molar-refractivity contribution in [1.82, 2.24) is 10.2 Å². The predicted molar refractivity (Wildman–Crippen MR) is 85.9 cm³/mol. The predicted octanol–water partition coefficient (Wildman–Crippen LogP) is 3.87. The van der Waals surface area contributed by atoms with Crippen LogP contribution in [0.5, 0.6) is 0 Å². The summed E-state index contributed by atoms with van der Waals surface area (Å²) < 4.78 is 51.8. The summed E-state index contributed by atoms with van der Waals surface area (Å²) in [7, 11) is 0. The number of alkyl halides is 3. The third-order valence-corrected chi connectivity index (χ3v) is 3.99. The molecule has 1 fully saturated rings. The second-order valence-corrected chi connectivity index (χ2v) is 5.67. The molecule has 1 aromatic carbocycles. The largest absolute Gasteiger partial charge is 0.419 e. The molecule has 0 aliphatic carbocycles. The summed E-state index contributed by atoms with van der Waals surface area (Å²) in [6.45, 7) is 3.93. The Morgan fingerprint density at radius 2 is 1.92 bits per heavy atom. The Balaban J connectivity index is 0.00000288. The van der Waals surface area contributed by atoms with Crippen molar-refractivity contribution in [1.29, 1.82) is 0 Å². The highest BCUT2D eigenvalue weighted by Crippen LogP contribution is 2.32. The summed E-state index contributed by atoms with van der Waals surface area (Å²) in [6.07, 6.45) is -2.58. The van der Waals surface area contributed by atoms with E-state index in [1.54, 1.807) is 4.90 Å². The molecule has 1 aliphatic heterocycles. The molecule has 3 nitrogen and oxygen atoms in total. The molecule has 0 atom stereocenters. The number of benzene rings is 1. The molecule has 2 rings (SSSR count). The van der Waals surface area contributed by atoms with Crippen LogP contribution in [0, 0.1) is 5.82 Å². The van der Waals surface area contributed by atoms with E-state index < -0.39 is 23.5 Å². The number of hydrogen-bond donors (Lipinski definition) is 1. The Kier molecular flexibility index (Phi) is 7.48. The summed E-state index contributed by atoms with van der Waals surface area (Å²) in [5, 5.41) is 3.19. The molecule has 0 aromatic heterocycles. The van der Waals surface area contributed by atoms with E-state index in [0.717, 1.165) is 32.0 Å². The first-order chi connectivity index (χ1) is 10.8. The van der Waals surface area contributed by atoms with E-state index in [1.807, 2.05) is 6.92 Å². The summed E-state index contributed by atoms with van der Waals surface area (Å²) in [5.41, 5.74) is -1.52. The molecule has 0 saturated carbocycles. The van der Waals surface area contributed by atoms with Crippen LogP contribution in [0.2, 0.25) is 0 Å². The third-order valence-electron chi connectivity index (χ3n) is 3.99.